The van der Waals surface area contributed by atoms with Crippen LogP contribution in [-0.2, 0) is 23.9 Å². The lowest BCUT2D eigenvalue weighted by Crippen LogP contribution is -2.54. The molecule has 120 heavy (non-hydrogen) atoms. The van der Waals surface area contributed by atoms with E-state index in [-0.39, 0.29) is 87.3 Å². The summed E-state index contributed by atoms with van der Waals surface area (Å²) in [5, 5.41) is 34.9. The molecule has 16 rings (SSSR count). The number of nitrogens with one attached hydrogen (secondary N) is 9. The van der Waals surface area contributed by atoms with Crippen molar-refractivity contribution in [2.45, 2.75) is 92.2 Å². The van der Waals surface area contributed by atoms with Crippen LogP contribution in [0, 0.1) is 5.82 Å². The number of carbonyl (C=O) groups excluding carboxylic acids is 4. The third kappa shape index (κ3) is 20.4. The number of alkyl halides is 12. The highest BCUT2D eigenvalue weighted by Gasteiger charge is 2.55. The monoisotopic (exact) mass is 1780 g/mol. The van der Waals surface area contributed by atoms with Gasteiger partial charge in [0.15, 0.2) is 34.9 Å². The summed E-state index contributed by atoms with van der Waals surface area (Å²) in [5.41, 5.74) is 2.06. The number of aromatic nitrogens is 16. The molecule has 0 spiro atoms. The highest BCUT2D eigenvalue weighted by atomic mass is 35.5. The van der Waals surface area contributed by atoms with Crippen molar-refractivity contribution in [1.29, 1.82) is 0 Å². The fourth-order valence-corrected chi connectivity index (χ4v) is 14.0. The zero-order chi connectivity index (χ0) is 86.0. The number of carbonyl (C=O) groups is 4. The number of pyridine rings is 4. The summed E-state index contributed by atoms with van der Waals surface area (Å²) in [6.07, 6.45) is -1.15. The van der Waals surface area contributed by atoms with E-state index in [1.54, 1.807) is 49.1 Å². The van der Waals surface area contributed by atoms with Gasteiger partial charge in [-0.15, -0.1) is 0 Å². The number of hydrogen-bond acceptors (Lipinski definition) is 23. The second-order valence-electron chi connectivity index (χ2n) is 27.6. The largest absolute Gasteiger partial charge is 0.405 e. The Morgan fingerprint density at radius 3 is 1.25 bits per heavy atom. The van der Waals surface area contributed by atoms with Crippen LogP contribution in [0.5, 0.6) is 0 Å². The number of amides is 4. The Hall–Kier alpha value is -11.7. The van der Waals surface area contributed by atoms with Gasteiger partial charge < -0.3 is 76.2 Å². The number of hydrogen-bond donors (Lipinski definition) is 11. The molecule has 1 unspecified atom stereocenters. The van der Waals surface area contributed by atoms with Gasteiger partial charge in [0.25, 0.3) is 0 Å². The van der Waals surface area contributed by atoms with Gasteiger partial charge in [0, 0.05) is 169 Å². The Labute approximate surface area is 698 Å². The molecule has 0 aromatic carbocycles. The van der Waals surface area contributed by atoms with Crippen molar-refractivity contribution in [3.05, 3.63) is 143 Å². The molecule has 12 aromatic heterocycles. The van der Waals surface area contributed by atoms with E-state index in [1.165, 1.54) is 83.3 Å². The minimum atomic E-state index is -4.54. The Balaban J connectivity index is 0.000000296. The molecule has 1 aliphatic carbocycles. The molecular formula is C72H79Cl4F13N24O7. The Morgan fingerprint density at radius 1 is 0.508 bits per heavy atom. The number of nitrogens with zero attached hydrogens (tertiary/aromatic N) is 15. The van der Waals surface area contributed by atoms with Crippen molar-refractivity contribution >= 4 is 137 Å². The lowest BCUT2D eigenvalue weighted by Gasteiger charge is -2.28. The molecule has 31 nitrogen and oxygen atoms in total. The third-order valence-electron chi connectivity index (χ3n) is 19.1. The molecule has 48 heteroatoms. The van der Waals surface area contributed by atoms with E-state index in [2.05, 4.69) is 85.1 Å². The van der Waals surface area contributed by atoms with Gasteiger partial charge in [-0.3, -0.25) is 19.2 Å². The number of rotatable bonds is 18. The second kappa shape index (κ2) is 34.9. The average Bonchev–Trinajstić information content (AvgIpc) is 1.59. The zero-order valence-corrected chi connectivity index (χ0v) is 64.6. The Kier molecular flexibility index (Phi) is 25.1. The fourth-order valence-electron chi connectivity index (χ4n) is 13.3. The van der Waals surface area contributed by atoms with Crippen LogP contribution in [0.1, 0.15) is 43.5 Å². The maximum atomic E-state index is 14.5. The molecular weight excluding hydrogens is 1700 g/mol. The first kappa shape index (κ1) is 86.1. The Morgan fingerprint density at radius 2 is 0.875 bits per heavy atom. The number of β-amino-alcohol motifs (C(OH)–C–C–N with tert-alkyl or cyclic N) is 2. The van der Waals surface area contributed by atoms with Crippen LogP contribution in [0.25, 0.3) is 89.7 Å². The van der Waals surface area contributed by atoms with Crippen LogP contribution in [-0.4, -0.2) is 233 Å². The van der Waals surface area contributed by atoms with E-state index < -0.39 is 116 Å². The second-order valence-corrected chi connectivity index (χ2v) is 29.3. The molecule has 12 aromatic rings. The molecule has 11 N–H and O–H groups in total. The van der Waals surface area contributed by atoms with Crippen LogP contribution in [0.3, 0.4) is 0 Å². The van der Waals surface area contributed by atoms with Gasteiger partial charge >= 0.3 is 24.7 Å². The van der Waals surface area contributed by atoms with Crippen molar-refractivity contribution in [2.24, 2.45) is 0 Å². The van der Waals surface area contributed by atoms with Crippen molar-refractivity contribution < 1.29 is 103 Å². The molecule has 5 atom stereocenters. The van der Waals surface area contributed by atoms with E-state index in [4.69, 9.17) is 51.1 Å². The summed E-state index contributed by atoms with van der Waals surface area (Å²) in [7, 11) is 1.42. The minimum Gasteiger partial charge on any atom is -0.391 e. The predicted molar refractivity (Wildman–Crippen MR) is 427 cm³/mol. The van der Waals surface area contributed by atoms with Crippen LogP contribution in [0.2, 0.25) is 20.1 Å². The van der Waals surface area contributed by atoms with Gasteiger partial charge in [-0.25, -0.2) is 64.2 Å². The van der Waals surface area contributed by atoms with Gasteiger partial charge in [-0.2, -0.15) is 52.7 Å². The Bertz CT molecular complexity index is 5640. The summed E-state index contributed by atoms with van der Waals surface area (Å²) >= 11 is 24.1. The molecule has 3 aliphatic heterocycles. The van der Waals surface area contributed by atoms with Crippen LogP contribution < -0.4 is 41.3 Å². The number of aromatic amines is 4. The molecule has 4 fully saturated rings. The average molecular weight is 1780 g/mol. The SMILES string of the molecule is CN(c1nc(-c2c[nH]c3ncc(Cl)cc23)ncc1F)C1(C(=O)NCC(F)(F)F)CC1.O=C(NCC(F)(F)F)C1(Nc2ccnc(-c3c[nH]c4ncc(Cl)cc34)n2)CCOC1.O=C(NCC(F)(F)F)[C@H]1C[C@@H](O)CN1c1ccnc(-c2c[nH]c3ncc(Cl)cc23)n1.O=C(NCC(F)(F)F)[C@H]1C[C@H](O)CN1c1ccnc(-c2c[nH]c3ncc(Cl)cc23)n1.[HH].[HH].[HH].[HH].[HH].[HH].[HH].[HH]. The lowest BCUT2D eigenvalue weighted by atomic mass is 9.97. The molecule has 3 saturated heterocycles. The molecule has 648 valence electrons. The first-order valence-corrected chi connectivity index (χ1v) is 37.2. The highest BCUT2D eigenvalue weighted by Crippen LogP contribution is 2.45. The number of H-pyrrole nitrogens is 4. The maximum absolute atomic E-state index is 14.5. The number of fused-ring (bicyclic) bond motifs is 4. The van der Waals surface area contributed by atoms with Gasteiger partial charge in [0.05, 0.1) is 45.1 Å². The molecule has 15 heterocycles. The predicted octanol–water partition coefficient (Wildman–Crippen LogP) is 12.9. The number of aliphatic hydroxyl groups excluding tert-OH is 2. The van der Waals surface area contributed by atoms with Crippen molar-refractivity contribution in [3.8, 4) is 45.6 Å². The summed E-state index contributed by atoms with van der Waals surface area (Å²) in [5.74, 6) is -2.25. The first-order valence-electron chi connectivity index (χ1n) is 35.7. The molecule has 4 aliphatic rings. The number of likely N-dealkylation sites (N-methyl/N-ethyl adjacent to an activating group) is 1. The van der Waals surface area contributed by atoms with E-state index in [9.17, 15) is 86.5 Å². The quantitative estimate of drug-likeness (QED) is 0.0355. The van der Waals surface area contributed by atoms with E-state index in [0.29, 0.717) is 116 Å². The minimum absolute atomic E-state index is 0. The van der Waals surface area contributed by atoms with Gasteiger partial charge in [-0.05, 0) is 55.3 Å². The smallest absolute Gasteiger partial charge is 0.391 e. The summed E-state index contributed by atoms with van der Waals surface area (Å²) < 4.78 is 169. The number of halogens is 17. The van der Waals surface area contributed by atoms with Crippen molar-refractivity contribution in [2.75, 3.05) is 79.5 Å². The number of ether oxygens (including phenoxy) is 1. The third-order valence-corrected chi connectivity index (χ3v) is 20.0. The standard InChI is InChI=1S/C18H15ClF4N6O.3C18H16ClF3N6O2.8H2/c1-29(17(2-3-17)16(30)27-8-18(21,22)23)15-12(20)7-26-14(28-15)11-6-25-13-10(11)4-9(19)5-24-13;19-10-5-11-12(7-25-14(11)24-6-10)15-23-3-1-13(27-15)28-17(2-4-30-9-17)16(29)26-8-18(20,21)22;2*19-9-3-11-12(6-25-15(11)24-5-9)16-23-2-1-14(27-16)28-7-10(29)4-13(28)17(30)26-8-18(20,21)22;;;;;;;;/h4-7H,2-3,8H2,1H3,(H,24,25)(H,27,30);1,3,5-7H,2,4,8-9H2,(H,24,25)(H,26,29)(H,23,27,28);2*1-3,5-6,10,13,29H,4,7-8H2,(H,24,25)(H,26,30);8*1H/t;;10-,13+;10-,13-;;;;;;;;/m..01......../s1. The summed E-state index contributed by atoms with van der Waals surface area (Å²) in [4.78, 5) is 117. The van der Waals surface area contributed by atoms with E-state index >= 15 is 0 Å². The lowest BCUT2D eigenvalue weighted by molar-refractivity contribution is -0.141. The molecule has 4 amide bonds. The van der Waals surface area contributed by atoms with Crippen LogP contribution in [0.4, 0.5) is 80.3 Å². The molecule has 0 bridgehead atoms. The summed E-state index contributed by atoms with van der Waals surface area (Å²) in [6, 6.07) is 9.41. The van der Waals surface area contributed by atoms with Gasteiger partial charge in [0.2, 0.25) is 23.6 Å². The zero-order valence-electron chi connectivity index (χ0n) is 61.5. The number of anilines is 4. The van der Waals surface area contributed by atoms with Gasteiger partial charge in [-0.1, -0.05) is 46.4 Å². The van der Waals surface area contributed by atoms with Crippen molar-refractivity contribution in [1.82, 2.24) is 101 Å². The molecule has 0 radical (unpaired) electrons. The van der Waals surface area contributed by atoms with E-state index in [1.807, 2.05) is 21.3 Å². The summed E-state index contributed by atoms with van der Waals surface area (Å²) in [6.45, 7) is -5.49. The van der Waals surface area contributed by atoms with E-state index in [0.717, 1.165) is 6.20 Å². The fraction of sp³-hybridized carbons (Fsp3) is 0.333. The normalized spacial score (nSPS) is 18.3. The van der Waals surface area contributed by atoms with Crippen LogP contribution >= 0.6 is 46.4 Å². The first-order chi connectivity index (χ1) is 56.8. The topological polar surface area (TPSA) is 406 Å². The number of aliphatic hydroxyl groups is 2. The highest BCUT2D eigenvalue weighted by molar-refractivity contribution is 6.32. The van der Waals surface area contributed by atoms with Crippen LogP contribution in [0.15, 0.2) is 117 Å². The van der Waals surface area contributed by atoms with Gasteiger partial charge in [0.1, 0.15) is 89.4 Å². The maximum Gasteiger partial charge on any atom is 0.405 e. The van der Waals surface area contributed by atoms with Crippen molar-refractivity contribution in [3.63, 3.8) is 0 Å². The molecule has 1 saturated carbocycles.